The van der Waals surface area contributed by atoms with Crippen LogP contribution in [0.1, 0.15) is 30.4 Å². The van der Waals surface area contributed by atoms with Crippen LogP contribution in [0, 0.1) is 0 Å². The normalized spacial score (nSPS) is 12.4. The molecule has 0 aromatic heterocycles. The van der Waals surface area contributed by atoms with Crippen LogP contribution < -0.4 is 10.6 Å². The third-order valence-corrected chi connectivity index (χ3v) is 6.74. The van der Waals surface area contributed by atoms with Crippen LogP contribution in [0.15, 0.2) is 65.7 Å². The lowest BCUT2D eigenvalue weighted by atomic mass is 9.91. The van der Waals surface area contributed by atoms with E-state index in [2.05, 4.69) is 64.2 Å². The molecule has 0 unspecified atom stereocenters. The summed E-state index contributed by atoms with van der Waals surface area (Å²) in [6.07, 6.45) is 0.706. The number of nitrogens with zero attached hydrogens (tertiary/aromatic N) is 2. The predicted octanol–water partition coefficient (Wildman–Crippen LogP) is 2.66. The van der Waals surface area contributed by atoms with Gasteiger partial charge in [-0.3, -0.25) is 4.99 Å². The molecule has 2 aromatic carbocycles. The van der Waals surface area contributed by atoms with Gasteiger partial charge in [-0.15, -0.1) is 0 Å². The predicted molar refractivity (Wildman–Crippen MR) is 121 cm³/mol. The molecule has 0 amide bonds. The molecular formula is C22H32N4O2S. The number of guanidine groups is 1. The molecule has 2 aromatic rings. The van der Waals surface area contributed by atoms with Gasteiger partial charge in [-0.25, -0.2) is 12.7 Å². The van der Waals surface area contributed by atoms with E-state index < -0.39 is 10.0 Å². The number of rotatable bonds is 10. The Morgan fingerprint density at radius 2 is 1.55 bits per heavy atom. The van der Waals surface area contributed by atoms with Gasteiger partial charge in [0.15, 0.2) is 5.96 Å². The zero-order chi connectivity index (χ0) is 21.1. The molecule has 0 bridgehead atoms. The van der Waals surface area contributed by atoms with Crippen LogP contribution in [0.2, 0.25) is 0 Å². The zero-order valence-electron chi connectivity index (χ0n) is 17.5. The summed E-state index contributed by atoms with van der Waals surface area (Å²) >= 11 is 0. The average Bonchev–Trinajstić information content (AvgIpc) is 2.76. The molecule has 0 heterocycles. The highest BCUT2D eigenvalue weighted by atomic mass is 32.2. The fraction of sp³-hybridized carbons (Fsp3) is 0.409. The van der Waals surface area contributed by atoms with Gasteiger partial charge < -0.3 is 10.6 Å². The van der Waals surface area contributed by atoms with Crippen molar-refractivity contribution in [3.8, 4) is 0 Å². The highest BCUT2D eigenvalue weighted by Gasteiger charge is 2.15. The van der Waals surface area contributed by atoms with Gasteiger partial charge in [0, 0.05) is 39.6 Å². The lowest BCUT2D eigenvalue weighted by molar-refractivity contribution is 0.461. The third-order valence-electron chi connectivity index (χ3n) is 4.88. The van der Waals surface area contributed by atoms with Crippen molar-refractivity contribution in [2.24, 2.45) is 4.99 Å². The lowest BCUT2D eigenvalue weighted by Gasteiger charge is -2.21. The van der Waals surface area contributed by atoms with E-state index in [0.717, 1.165) is 0 Å². The van der Waals surface area contributed by atoms with Crippen molar-refractivity contribution < 1.29 is 8.42 Å². The summed E-state index contributed by atoms with van der Waals surface area (Å²) in [7, 11) is 0.233. The molecule has 158 valence electrons. The maximum absolute atomic E-state index is 11.8. The van der Waals surface area contributed by atoms with Gasteiger partial charge in [0.05, 0.1) is 5.75 Å². The Labute approximate surface area is 175 Å². The first kappa shape index (κ1) is 22.9. The molecule has 2 N–H and O–H groups in total. The molecule has 29 heavy (non-hydrogen) atoms. The molecule has 0 radical (unpaired) electrons. The van der Waals surface area contributed by atoms with E-state index in [4.69, 9.17) is 0 Å². The Morgan fingerprint density at radius 1 is 1.00 bits per heavy atom. The van der Waals surface area contributed by atoms with E-state index in [1.165, 1.54) is 15.4 Å². The molecule has 7 heteroatoms. The Morgan fingerprint density at radius 3 is 2.03 bits per heavy atom. The van der Waals surface area contributed by atoms with E-state index in [1.54, 1.807) is 21.0 Å². The first-order valence-electron chi connectivity index (χ1n) is 9.96. The summed E-state index contributed by atoms with van der Waals surface area (Å²) in [5.74, 6) is 1.04. The van der Waals surface area contributed by atoms with Gasteiger partial charge in [-0.2, -0.15) is 0 Å². The maximum atomic E-state index is 11.8. The molecule has 0 aliphatic carbocycles. The van der Waals surface area contributed by atoms with Crippen LogP contribution in [0.4, 0.5) is 0 Å². The van der Waals surface area contributed by atoms with E-state index >= 15 is 0 Å². The quantitative estimate of drug-likeness (QED) is 0.355. The van der Waals surface area contributed by atoms with Gasteiger partial charge in [0.25, 0.3) is 0 Å². The number of hydrogen-bond acceptors (Lipinski definition) is 3. The van der Waals surface area contributed by atoms with Gasteiger partial charge >= 0.3 is 0 Å². The molecule has 0 fully saturated rings. The molecule has 0 saturated carbocycles. The van der Waals surface area contributed by atoms with Crippen molar-refractivity contribution in [3.05, 3.63) is 71.8 Å². The highest BCUT2D eigenvalue weighted by molar-refractivity contribution is 7.89. The van der Waals surface area contributed by atoms with Gasteiger partial charge in [-0.05, 0) is 24.5 Å². The molecule has 0 saturated heterocycles. The molecule has 0 aliphatic rings. The minimum absolute atomic E-state index is 0.126. The summed E-state index contributed by atoms with van der Waals surface area (Å²) in [5.41, 5.74) is 2.49. The largest absolute Gasteiger partial charge is 0.356 e. The standard InChI is InChI=1S/C22H32N4O2S/c1-4-29(27,28)26(3)17-11-16-24-22(23-2)25-18-21(19-12-7-5-8-13-19)20-14-9-6-10-15-20/h5-10,12-15,21H,4,11,16-18H2,1-3H3,(H2,23,24,25). The van der Waals surface area contributed by atoms with Crippen LogP contribution in [-0.2, 0) is 10.0 Å². The number of benzene rings is 2. The van der Waals surface area contributed by atoms with Crippen molar-refractivity contribution >= 4 is 16.0 Å². The number of aliphatic imine (C=N–C) groups is 1. The highest BCUT2D eigenvalue weighted by Crippen LogP contribution is 2.23. The van der Waals surface area contributed by atoms with Gasteiger partial charge in [0.1, 0.15) is 0 Å². The fourth-order valence-corrected chi connectivity index (χ4v) is 3.93. The molecular weight excluding hydrogens is 384 g/mol. The van der Waals surface area contributed by atoms with Crippen molar-refractivity contribution in [2.45, 2.75) is 19.3 Å². The number of nitrogens with one attached hydrogen (secondary N) is 2. The second-order valence-electron chi connectivity index (χ2n) is 6.83. The second-order valence-corrected chi connectivity index (χ2v) is 9.19. The molecule has 0 atom stereocenters. The monoisotopic (exact) mass is 416 g/mol. The van der Waals surface area contributed by atoms with Crippen molar-refractivity contribution in [3.63, 3.8) is 0 Å². The van der Waals surface area contributed by atoms with E-state index in [9.17, 15) is 8.42 Å². The zero-order valence-corrected chi connectivity index (χ0v) is 18.3. The number of sulfonamides is 1. The van der Waals surface area contributed by atoms with Gasteiger partial charge in [-0.1, -0.05) is 60.7 Å². The molecule has 0 aliphatic heterocycles. The molecule has 2 rings (SSSR count). The third kappa shape index (κ3) is 7.18. The van der Waals surface area contributed by atoms with Crippen LogP contribution in [0.5, 0.6) is 0 Å². The first-order valence-corrected chi connectivity index (χ1v) is 11.6. The Balaban J connectivity index is 1.90. The summed E-state index contributed by atoms with van der Waals surface area (Å²) in [4.78, 5) is 4.29. The Kier molecular flexibility index (Phi) is 9.15. The van der Waals surface area contributed by atoms with E-state index in [1.807, 2.05) is 12.1 Å². The smallest absolute Gasteiger partial charge is 0.213 e. The topological polar surface area (TPSA) is 73.8 Å². The number of hydrogen-bond donors (Lipinski definition) is 2. The summed E-state index contributed by atoms with van der Waals surface area (Å²) in [6, 6.07) is 20.8. The summed E-state index contributed by atoms with van der Waals surface area (Å²) in [6.45, 7) is 3.49. The van der Waals surface area contributed by atoms with Crippen molar-refractivity contribution in [2.75, 3.05) is 39.5 Å². The molecule has 0 spiro atoms. The lowest BCUT2D eigenvalue weighted by Crippen LogP contribution is -2.40. The first-order chi connectivity index (χ1) is 14.0. The van der Waals surface area contributed by atoms with Crippen LogP contribution in [0.25, 0.3) is 0 Å². The second kappa shape index (κ2) is 11.6. The average molecular weight is 417 g/mol. The Bertz CT molecular complexity index is 815. The van der Waals surface area contributed by atoms with Crippen molar-refractivity contribution in [1.82, 2.24) is 14.9 Å². The van der Waals surface area contributed by atoms with Crippen LogP contribution in [0.3, 0.4) is 0 Å². The van der Waals surface area contributed by atoms with Crippen LogP contribution in [-0.4, -0.2) is 58.2 Å². The van der Waals surface area contributed by atoms with Crippen LogP contribution >= 0.6 is 0 Å². The Hall–Kier alpha value is -2.38. The van der Waals surface area contributed by atoms with E-state index in [0.29, 0.717) is 32.0 Å². The SMILES string of the molecule is CCS(=O)(=O)N(C)CCCNC(=NC)NCC(c1ccccc1)c1ccccc1. The molecule has 6 nitrogen and oxygen atoms in total. The summed E-state index contributed by atoms with van der Waals surface area (Å²) < 4.78 is 25.0. The van der Waals surface area contributed by atoms with Crippen molar-refractivity contribution in [1.29, 1.82) is 0 Å². The van der Waals surface area contributed by atoms with E-state index in [-0.39, 0.29) is 11.7 Å². The minimum atomic E-state index is -3.13. The summed E-state index contributed by atoms with van der Waals surface area (Å²) in [5, 5.41) is 6.67. The minimum Gasteiger partial charge on any atom is -0.356 e. The fourth-order valence-electron chi connectivity index (χ4n) is 3.09. The maximum Gasteiger partial charge on any atom is 0.213 e. The van der Waals surface area contributed by atoms with Gasteiger partial charge in [0.2, 0.25) is 10.0 Å².